The van der Waals surface area contributed by atoms with Gasteiger partial charge in [-0.1, -0.05) is 24.3 Å². The van der Waals surface area contributed by atoms with Crippen LogP contribution < -0.4 is 10.1 Å². The highest BCUT2D eigenvalue weighted by atomic mass is 79.9. The van der Waals surface area contributed by atoms with Gasteiger partial charge in [-0.05, 0) is 46.3 Å². The highest BCUT2D eigenvalue weighted by Gasteiger charge is 2.27. The van der Waals surface area contributed by atoms with E-state index in [0.717, 1.165) is 32.2 Å². The van der Waals surface area contributed by atoms with Crippen LogP contribution in [0.5, 0.6) is 5.88 Å². The molecule has 0 saturated carbocycles. The Labute approximate surface area is 143 Å². The Hall–Kier alpha value is -1.82. The van der Waals surface area contributed by atoms with Crippen molar-refractivity contribution in [1.82, 2.24) is 15.1 Å². The SMILES string of the molecule is O=C(NC1CCCc2ccccc21)c1nn2c(c1Br)OCCC2. The monoisotopic (exact) mass is 375 g/mol. The number of carbonyl (C=O) groups is 1. The zero-order chi connectivity index (χ0) is 15.8. The molecule has 1 aliphatic heterocycles. The van der Waals surface area contributed by atoms with Gasteiger partial charge in [0.05, 0.1) is 12.6 Å². The van der Waals surface area contributed by atoms with Crippen LogP contribution in [0.1, 0.15) is 46.9 Å². The zero-order valence-electron chi connectivity index (χ0n) is 12.7. The zero-order valence-corrected chi connectivity index (χ0v) is 14.3. The van der Waals surface area contributed by atoms with Crippen molar-refractivity contribution in [2.24, 2.45) is 0 Å². The number of halogens is 1. The number of ether oxygens (including phenoxy) is 1. The first-order valence-corrected chi connectivity index (χ1v) is 8.81. The van der Waals surface area contributed by atoms with Crippen molar-refractivity contribution >= 4 is 21.8 Å². The van der Waals surface area contributed by atoms with Crippen LogP contribution in [0.3, 0.4) is 0 Å². The Bertz CT molecular complexity index is 756. The number of aromatic nitrogens is 2. The molecule has 2 aliphatic rings. The van der Waals surface area contributed by atoms with E-state index in [9.17, 15) is 4.79 Å². The largest absolute Gasteiger partial charge is 0.477 e. The van der Waals surface area contributed by atoms with Gasteiger partial charge < -0.3 is 10.1 Å². The fourth-order valence-corrected chi connectivity index (χ4v) is 3.95. The summed E-state index contributed by atoms with van der Waals surface area (Å²) in [5, 5.41) is 7.55. The van der Waals surface area contributed by atoms with Gasteiger partial charge in [-0.25, -0.2) is 4.68 Å². The molecule has 0 fully saturated rings. The lowest BCUT2D eigenvalue weighted by Gasteiger charge is -2.26. The molecule has 1 N–H and O–H groups in total. The molecule has 1 amide bonds. The van der Waals surface area contributed by atoms with Crippen molar-refractivity contribution in [1.29, 1.82) is 0 Å². The molecule has 1 aliphatic carbocycles. The average Bonchev–Trinajstić information content (AvgIpc) is 2.93. The van der Waals surface area contributed by atoms with Crippen LogP contribution in [-0.4, -0.2) is 22.3 Å². The van der Waals surface area contributed by atoms with Crippen LogP contribution in [0.15, 0.2) is 28.7 Å². The van der Waals surface area contributed by atoms with Crippen molar-refractivity contribution in [3.8, 4) is 5.88 Å². The molecule has 1 unspecified atom stereocenters. The summed E-state index contributed by atoms with van der Waals surface area (Å²) in [6.07, 6.45) is 4.05. The Balaban J connectivity index is 1.59. The lowest BCUT2D eigenvalue weighted by Crippen LogP contribution is -2.31. The second-order valence-electron chi connectivity index (χ2n) is 6.01. The van der Waals surface area contributed by atoms with Crippen LogP contribution in [0, 0.1) is 0 Å². The summed E-state index contributed by atoms with van der Waals surface area (Å²) in [4.78, 5) is 12.7. The Morgan fingerprint density at radius 1 is 1.35 bits per heavy atom. The highest BCUT2D eigenvalue weighted by Crippen LogP contribution is 2.33. The maximum atomic E-state index is 12.7. The number of benzene rings is 1. The highest BCUT2D eigenvalue weighted by molar-refractivity contribution is 9.10. The molecule has 0 radical (unpaired) electrons. The smallest absolute Gasteiger partial charge is 0.273 e. The molecule has 1 aromatic carbocycles. The molecule has 1 aromatic heterocycles. The minimum absolute atomic E-state index is 0.0546. The van der Waals surface area contributed by atoms with Gasteiger partial charge in [-0.3, -0.25) is 4.79 Å². The molecule has 0 saturated heterocycles. The van der Waals surface area contributed by atoms with Crippen molar-refractivity contribution in [2.75, 3.05) is 6.61 Å². The predicted molar refractivity (Wildman–Crippen MR) is 89.6 cm³/mol. The summed E-state index contributed by atoms with van der Waals surface area (Å²) >= 11 is 3.46. The standard InChI is InChI=1S/C17H18BrN3O2/c18-14-15(20-21-9-4-10-23-17(14)21)16(22)19-13-8-3-6-11-5-1-2-7-12(11)13/h1-2,5,7,13H,3-4,6,8-10H2,(H,19,22). The van der Waals surface area contributed by atoms with Crippen LogP contribution in [0.2, 0.25) is 0 Å². The van der Waals surface area contributed by atoms with E-state index in [4.69, 9.17) is 4.74 Å². The van der Waals surface area contributed by atoms with Crippen LogP contribution >= 0.6 is 15.9 Å². The average molecular weight is 376 g/mol. The molecule has 6 heteroatoms. The van der Waals surface area contributed by atoms with E-state index in [1.807, 2.05) is 6.07 Å². The summed E-state index contributed by atoms with van der Waals surface area (Å²) < 4.78 is 8.02. The van der Waals surface area contributed by atoms with Crippen molar-refractivity contribution in [3.63, 3.8) is 0 Å². The Kier molecular flexibility index (Phi) is 3.85. The third-order valence-corrected chi connectivity index (χ3v) is 5.21. The van der Waals surface area contributed by atoms with E-state index in [2.05, 4.69) is 44.5 Å². The van der Waals surface area contributed by atoms with Crippen LogP contribution in [-0.2, 0) is 13.0 Å². The molecule has 1 atom stereocenters. The number of nitrogens with zero attached hydrogens (tertiary/aromatic N) is 2. The molecule has 23 heavy (non-hydrogen) atoms. The summed E-state index contributed by atoms with van der Waals surface area (Å²) in [5.74, 6) is 0.509. The predicted octanol–water partition coefficient (Wildman–Crippen LogP) is 3.24. The van der Waals surface area contributed by atoms with Gasteiger partial charge in [-0.2, -0.15) is 5.10 Å². The fourth-order valence-electron chi connectivity index (χ4n) is 3.37. The minimum atomic E-state index is -0.149. The first kappa shape index (κ1) is 14.8. The Morgan fingerprint density at radius 3 is 3.09 bits per heavy atom. The number of hydrogen-bond donors (Lipinski definition) is 1. The normalized spacial score (nSPS) is 19.4. The minimum Gasteiger partial charge on any atom is -0.477 e. The molecule has 2 aromatic rings. The van der Waals surface area contributed by atoms with E-state index in [1.165, 1.54) is 11.1 Å². The third kappa shape index (κ3) is 2.65. The molecule has 0 spiro atoms. The van der Waals surface area contributed by atoms with E-state index < -0.39 is 0 Å². The summed E-state index contributed by atoms with van der Waals surface area (Å²) in [7, 11) is 0. The second-order valence-corrected chi connectivity index (χ2v) is 6.80. The van der Waals surface area contributed by atoms with Gasteiger partial charge in [0.2, 0.25) is 5.88 Å². The van der Waals surface area contributed by atoms with Crippen molar-refractivity contribution in [2.45, 2.75) is 38.3 Å². The summed E-state index contributed by atoms with van der Waals surface area (Å²) in [5.41, 5.74) is 2.96. The Morgan fingerprint density at radius 2 is 2.22 bits per heavy atom. The van der Waals surface area contributed by atoms with Gasteiger partial charge in [0.25, 0.3) is 5.91 Å². The van der Waals surface area contributed by atoms with Crippen molar-refractivity contribution < 1.29 is 9.53 Å². The maximum absolute atomic E-state index is 12.7. The molecule has 2 heterocycles. The number of aryl methyl sites for hydroxylation is 2. The number of fused-ring (bicyclic) bond motifs is 2. The van der Waals surface area contributed by atoms with Gasteiger partial charge in [0.1, 0.15) is 4.47 Å². The van der Waals surface area contributed by atoms with Gasteiger partial charge >= 0.3 is 0 Å². The van der Waals surface area contributed by atoms with Gasteiger partial charge in [-0.15, -0.1) is 0 Å². The van der Waals surface area contributed by atoms with Crippen LogP contribution in [0.4, 0.5) is 0 Å². The molecular formula is C17H18BrN3O2. The fraction of sp³-hybridized carbons (Fsp3) is 0.412. The third-order valence-electron chi connectivity index (χ3n) is 4.49. The summed E-state index contributed by atoms with van der Waals surface area (Å²) in [6, 6.07) is 8.39. The molecule has 4 rings (SSSR count). The molecular weight excluding hydrogens is 358 g/mol. The number of amides is 1. The maximum Gasteiger partial charge on any atom is 0.273 e. The number of rotatable bonds is 2. The molecule has 120 valence electrons. The van der Waals surface area contributed by atoms with Gasteiger partial charge in [0, 0.05) is 13.0 Å². The topological polar surface area (TPSA) is 56.2 Å². The lowest BCUT2D eigenvalue weighted by molar-refractivity contribution is 0.0926. The van der Waals surface area contributed by atoms with E-state index >= 15 is 0 Å². The van der Waals surface area contributed by atoms with Crippen LogP contribution in [0.25, 0.3) is 0 Å². The van der Waals surface area contributed by atoms with E-state index in [-0.39, 0.29) is 11.9 Å². The van der Waals surface area contributed by atoms with Crippen molar-refractivity contribution in [3.05, 3.63) is 45.6 Å². The number of carbonyl (C=O) groups excluding carboxylic acids is 1. The molecule has 0 bridgehead atoms. The number of hydrogen-bond acceptors (Lipinski definition) is 3. The first-order chi connectivity index (χ1) is 11.2. The van der Waals surface area contributed by atoms with E-state index in [0.29, 0.717) is 22.7 Å². The quantitative estimate of drug-likeness (QED) is 0.876. The van der Waals surface area contributed by atoms with Gasteiger partial charge in [0.15, 0.2) is 5.69 Å². The summed E-state index contributed by atoms with van der Waals surface area (Å²) in [6.45, 7) is 1.45. The second kappa shape index (κ2) is 6.00. The van der Waals surface area contributed by atoms with E-state index in [1.54, 1.807) is 4.68 Å². The first-order valence-electron chi connectivity index (χ1n) is 8.02. The molecule has 5 nitrogen and oxygen atoms in total. The lowest BCUT2D eigenvalue weighted by atomic mass is 9.88. The number of nitrogens with one attached hydrogen (secondary N) is 1.